The second kappa shape index (κ2) is 24.3. The van der Waals surface area contributed by atoms with Gasteiger partial charge in [-0.25, -0.2) is 9.32 Å². The molecule has 1 aromatic heterocycles. The number of H-pyrrole nitrogens is 1. The van der Waals surface area contributed by atoms with Crippen molar-refractivity contribution in [1.82, 2.24) is 19.4 Å². The predicted octanol–water partition coefficient (Wildman–Crippen LogP) is 11.3. The molecule has 3 fully saturated rings. The second-order valence-electron chi connectivity index (χ2n) is 22.9. The number of nitrogens with zero attached hydrogens (tertiary/aromatic N) is 4. The van der Waals surface area contributed by atoms with Crippen molar-refractivity contribution in [3.8, 4) is 17.6 Å². The minimum absolute atomic E-state index is 0.0704. The van der Waals surface area contributed by atoms with E-state index in [4.69, 9.17) is 32.7 Å². The van der Waals surface area contributed by atoms with Crippen LogP contribution in [0.4, 0.5) is 0 Å². The maximum Gasteiger partial charge on any atom is 0.330 e. The summed E-state index contributed by atoms with van der Waals surface area (Å²) in [6.07, 6.45) is 0.685. The molecule has 4 heterocycles. The third-order valence-corrected chi connectivity index (χ3v) is 21.5. The monoisotopic (exact) mass is 1140 g/mol. The number of aromatic nitrogens is 2. The van der Waals surface area contributed by atoms with Gasteiger partial charge in [0, 0.05) is 57.3 Å². The van der Waals surface area contributed by atoms with Crippen LogP contribution in [0.5, 0.6) is 11.5 Å². The summed E-state index contributed by atoms with van der Waals surface area (Å²) < 4.78 is 49.8. The zero-order chi connectivity index (χ0) is 58.0. The zero-order valence-corrected chi connectivity index (χ0v) is 49.4. The molecule has 15 nitrogen and oxygen atoms in total. The Morgan fingerprint density at radius 2 is 1.39 bits per heavy atom. The number of hydrogen-bond acceptors (Lipinski definition) is 12. The lowest BCUT2D eigenvalue weighted by Gasteiger charge is -2.41. The molecule has 3 aliphatic heterocycles. The number of nitriles is 1. The number of methoxy groups -OCH3 is 2. The van der Waals surface area contributed by atoms with E-state index in [2.05, 4.69) is 98.2 Å². The van der Waals surface area contributed by atoms with Crippen LogP contribution in [0, 0.1) is 18.3 Å². The van der Waals surface area contributed by atoms with Crippen LogP contribution in [-0.4, -0.2) is 121 Å². The van der Waals surface area contributed by atoms with Crippen LogP contribution in [0.3, 0.4) is 0 Å². The molecule has 3 saturated heterocycles. The average Bonchev–Trinajstić information content (AvgIpc) is 2.39. The number of piperazine rings is 1. The topological polar surface area (TPSA) is 167 Å². The first-order chi connectivity index (χ1) is 40.2. The molecule has 0 aliphatic carbocycles. The van der Waals surface area contributed by atoms with Crippen LogP contribution in [0.2, 0.25) is 0 Å². The van der Waals surface area contributed by atoms with Gasteiger partial charge in [-0.2, -0.15) is 9.79 Å². The Labute approximate surface area is 485 Å². The van der Waals surface area contributed by atoms with Gasteiger partial charge in [-0.15, -0.1) is 0 Å². The van der Waals surface area contributed by atoms with Gasteiger partial charge in [-0.3, -0.25) is 24.0 Å². The van der Waals surface area contributed by atoms with Crippen LogP contribution in [0.15, 0.2) is 149 Å². The number of carbonyl (C=O) groups excluding carboxylic acids is 1. The lowest BCUT2D eigenvalue weighted by molar-refractivity contribution is -0.133. The van der Waals surface area contributed by atoms with Crippen molar-refractivity contribution < 1.29 is 37.5 Å². The van der Waals surface area contributed by atoms with E-state index in [9.17, 15) is 19.6 Å². The highest BCUT2D eigenvalue weighted by Crippen LogP contribution is 2.73. The number of ether oxygens (including phenoxy) is 5. The number of hydrogen-bond donors (Lipinski definition) is 1. The molecule has 3 aliphatic rings. The zero-order valence-electron chi connectivity index (χ0n) is 48.5. The Morgan fingerprint density at radius 3 is 2.01 bits per heavy atom. The number of benzene rings is 7. The lowest BCUT2D eigenvalue weighted by atomic mass is 9.79. The Bertz CT molecular complexity index is 3650. The molecular formula is C67H75N5O10P+. The molecule has 1 unspecified atom stereocenters. The molecule has 8 aromatic rings. The number of aromatic amines is 1. The molecule has 1 amide bonds. The smallest absolute Gasteiger partial charge is 0.330 e. The number of aryl methyl sites for hydroxylation is 2. The lowest BCUT2D eigenvalue weighted by Crippen LogP contribution is -2.52. The van der Waals surface area contributed by atoms with Gasteiger partial charge in [0.2, 0.25) is 5.91 Å². The van der Waals surface area contributed by atoms with Crippen molar-refractivity contribution in [2.45, 2.75) is 114 Å². The standard InChI is InChI=1S/C67H74N5O10P/c1-44(2)83(45(3)4,79-39-13-34-68)82-66-40-56(42-70-35-37-71(38-36-70)59(73)19-12-14-47-20-21-50-23-22-48-15-11-16-49-24-33-57(47)61(50)60(48)49)80-62(66)64(72-41-46(5)63(74)69-65(72)75)81-58(66)43-78-67(51-17-9-8-10-18-51,52-25-29-54(76-6)30-26-52)53-27-31-55(77-7)32-28-53/h8-11,15-18,20-33,41,44-45,56,58,62,64H,12-14,19,35-40,42-43H2,1-7H3/p+1/t56-,58?,62+,64+,66+/m0/s1. The number of rotatable bonds is 22. The van der Waals surface area contributed by atoms with Gasteiger partial charge in [0.1, 0.15) is 47.2 Å². The summed E-state index contributed by atoms with van der Waals surface area (Å²) in [5.41, 5.74) is 0.0607. The quantitative estimate of drug-likeness (QED) is 0.0296. The van der Waals surface area contributed by atoms with Crippen LogP contribution in [0.25, 0.3) is 32.3 Å². The molecule has 0 radical (unpaired) electrons. The summed E-state index contributed by atoms with van der Waals surface area (Å²) in [6, 6.07) is 47.7. The van der Waals surface area contributed by atoms with Crippen molar-refractivity contribution in [2.75, 3.05) is 60.2 Å². The normalized spacial score (nSPS) is 20.5. The van der Waals surface area contributed by atoms with Crippen LogP contribution < -0.4 is 20.7 Å². The molecule has 11 rings (SSSR count). The Balaban J connectivity index is 0.901. The van der Waals surface area contributed by atoms with Crippen molar-refractivity contribution in [2.24, 2.45) is 0 Å². The highest BCUT2D eigenvalue weighted by molar-refractivity contribution is 7.67. The second-order valence-corrected chi connectivity index (χ2v) is 26.7. The van der Waals surface area contributed by atoms with Gasteiger partial charge in [-0.05, 0) is 126 Å². The maximum absolute atomic E-state index is 14.2. The molecule has 7 aromatic carbocycles. The van der Waals surface area contributed by atoms with Gasteiger partial charge in [0.05, 0.1) is 39.4 Å². The Hall–Kier alpha value is -6.99. The van der Waals surface area contributed by atoms with Crippen molar-refractivity contribution in [1.29, 1.82) is 5.26 Å². The largest absolute Gasteiger partial charge is 0.497 e. The third-order valence-electron chi connectivity index (χ3n) is 17.4. The number of carbonyl (C=O) groups is 1. The molecule has 0 bridgehead atoms. The highest BCUT2D eigenvalue weighted by atomic mass is 31.2. The van der Waals surface area contributed by atoms with E-state index in [0.29, 0.717) is 62.6 Å². The van der Waals surface area contributed by atoms with Gasteiger partial charge >= 0.3 is 5.69 Å². The number of amides is 1. The van der Waals surface area contributed by atoms with Crippen molar-refractivity contribution in [3.63, 3.8) is 0 Å². The van der Waals surface area contributed by atoms with Gasteiger partial charge in [0.15, 0.2) is 11.8 Å². The van der Waals surface area contributed by atoms with E-state index in [1.165, 1.54) is 48.6 Å². The van der Waals surface area contributed by atoms with E-state index in [-0.39, 0.29) is 36.9 Å². The van der Waals surface area contributed by atoms with Gasteiger partial charge in [-0.1, -0.05) is 109 Å². The van der Waals surface area contributed by atoms with E-state index >= 15 is 0 Å². The minimum Gasteiger partial charge on any atom is -0.497 e. The molecular weight excluding hydrogens is 1070 g/mol. The van der Waals surface area contributed by atoms with Gasteiger partial charge < -0.3 is 28.6 Å². The van der Waals surface area contributed by atoms with E-state index in [1.54, 1.807) is 21.1 Å². The van der Waals surface area contributed by atoms with Crippen LogP contribution in [-0.2, 0) is 40.1 Å². The first-order valence-electron chi connectivity index (χ1n) is 29.1. The van der Waals surface area contributed by atoms with Crippen LogP contribution in [0.1, 0.15) is 87.4 Å². The van der Waals surface area contributed by atoms with E-state index in [0.717, 1.165) is 29.5 Å². The average molecular weight is 1140 g/mol. The van der Waals surface area contributed by atoms with Crippen molar-refractivity contribution >= 4 is 45.9 Å². The summed E-state index contributed by atoms with van der Waals surface area (Å²) in [4.78, 5) is 48.0. The first-order valence-corrected chi connectivity index (χ1v) is 30.9. The predicted molar refractivity (Wildman–Crippen MR) is 325 cm³/mol. The summed E-state index contributed by atoms with van der Waals surface area (Å²) in [6.45, 7) is 13.0. The molecule has 16 heteroatoms. The Kier molecular flexibility index (Phi) is 16.9. The minimum atomic E-state index is -2.98. The molecule has 5 atom stereocenters. The van der Waals surface area contributed by atoms with E-state index in [1.807, 2.05) is 83.8 Å². The number of fused-ring (bicyclic) bond motifs is 1. The summed E-state index contributed by atoms with van der Waals surface area (Å²) in [5.74, 6) is 1.51. The molecule has 0 saturated carbocycles. The summed E-state index contributed by atoms with van der Waals surface area (Å²) in [7, 11) is 0.287. The summed E-state index contributed by atoms with van der Waals surface area (Å²) >= 11 is 0. The van der Waals surface area contributed by atoms with Gasteiger partial charge in [0.25, 0.3) is 13.3 Å². The first kappa shape index (κ1) is 57.8. The fraction of sp³-hybridized carbons (Fsp3) is 0.403. The fourth-order valence-corrected chi connectivity index (χ4v) is 16.7. The molecule has 432 valence electrons. The molecule has 1 N–H and O–H groups in total. The molecule has 0 spiro atoms. The summed E-state index contributed by atoms with van der Waals surface area (Å²) in [5, 5.41) is 17.4. The SMILES string of the molecule is COc1ccc(C(OCC2O[C@@H](n3cc(C)c(=O)[nH]c3=O)[C@H]3O[C@H](CN4CCN(C(=O)CCCc5ccc6ccc7cccc8ccc5c6c78)CC4)C[C@@]23O[P+](OCCC#N)(C(C)C)C(C)C)(c2ccccc2)c2ccc(OC)cc2)cc1. The Morgan fingerprint density at radius 1 is 0.771 bits per heavy atom. The highest BCUT2D eigenvalue weighted by Gasteiger charge is 2.71. The third kappa shape index (κ3) is 11.0. The molecule has 83 heavy (non-hydrogen) atoms. The van der Waals surface area contributed by atoms with Crippen molar-refractivity contribution in [3.05, 3.63) is 188 Å². The maximum atomic E-state index is 14.2. The fourth-order valence-electron chi connectivity index (χ4n) is 13.2. The van der Waals surface area contributed by atoms with E-state index < -0.39 is 54.7 Å². The number of nitrogens with one attached hydrogen (secondary N) is 1. The van der Waals surface area contributed by atoms with Crippen LogP contribution >= 0.6 is 7.72 Å².